The summed E-state index contributed by atoms with van der Waals surface area (Å²) < 4.78 is 39.5. The molecule has 1 aliphatic rings. The molecule has 3 aromatic rings. The lowest BCUT2D eigenvalue weighted by Crippen LogP contribution is -2.36. The summed E-state index contributed by atoms with van der Waals surface area (Å²) in [6.07, 6.45) is -1.73. The number of benzene rings is 1. The molecule has 2 aromatic heterocycles. The molecule has 2 heterocycles. The lowest BCUT2D eigenvalue weighted by atomic mass is 9.85. The third-order valence-corrected chi connectivity index (χ3v) is 6.53. The van der Waals surface area contributed by atoms with Crippen LogP contribution in [0.15, 0.2) is 41.1 Å². The van der Waals surface area contributed by atoms with E-state index in [9.17, 15) is 18.0 Å². The zero-order valence-electron chi connectivity index (χ0n) is 18.5. The number of halogens is 3. The van der Waals surface area contributed by atoms with E-state index in [1.807, 2.05) is 16.8 Å². The third-order valence-electron chi connectivity index (χ3n) is 5.85. The van der Waals surface area contributed by atoms with Gasteiger partial charge in [-0.3, -0.25) is 4.79 Å². The first-order chi connectivity index (χ1) is 16.3. The lowest BCUT2D eigenvalue weighted by molar-refractivity contribution is -0.138. The van der Waals surface area contributed by atoms with Crippen LogP contribution in [-0.4, -0.2) is 33.9 Å². The minimum absolute atomic E-state index is 0.0651. The summed E-state index contributed by atoms with van der Waals surface area (Å²) in [5.74, 6) is 1.06. The SMILES string of the molecule is CNc1nc(NC2CCC(C(=O)NCc3ccccc3C(F)(F)F)CC2)nc(-c2ccsc2)n1. The molecule has 11 heteroatoms. The molecule has 7 nitrogen and oxygen atoms in total. The minimum Gasteiger partial charge on any atom is -0.357 e. The normalized spacial score (nSPS) is 18.4. The molecule has 3 N–H and O–H groups in total. The smallest absolute Gasteiger partial charge is 0.357 e. The number of rotatable bonds is 7. The molecule has 180 valence electrons. The summed E-state index contributed by atoms with van der Waals surface area (Å²) in [6.45, 7) is -0.143. The minimum atomic E-state index is -4.45. The maximum atomic E-state index is 13.2. The van der Waals surface area contributed by atoms with Crippen LogP contribution in [0, 0.1) is 5.92 Å². The number of nitrogens with zero attached hydrogens (tertiary/aromatic N) is 3. The fourth-order valence-corrected chi connectivity index (χ4v) is 4.67. The number of amides is 1. The van der Waals surface area contributed by atoms with Gasteiger partial charge in [0.15, 0.2) is 5.82 Å². The Morgan fingerprint density at radius 2 is 1.79 bits per heavy atom. The molecule has 0 bridgehead atoms. The van der Waals surface area contributed by atoms with Crippen molar-refractivity contribution in [3.8, 4) is 11.4 Å². The number of nitrogens with one attached hydrogen (secondary N) is 3. The number of hydrogen-bond donors (Lipinski definition) is 3. The number of thiophene rings is 1. The largest absolute Gasteiger partial charge is 0.416 e. The molecule has 1 aromatic carbocycles. The van der Waals surface area contributed by atoms with Gasteiger partial charge in [0.25, 0.3) is 0 Å². The highest BCUT2D eigenvalue weighted by Crippen LogP contribution is 2.32. The van der Waals surface area contributed by atoms with Gasteiger partial charge in [-0.2, -0.15) is 39.5 Å². The van der Waals surface area contributed by atoms with Crippen LogP contribution in [0.2, 0.25) is 0 Å². The number of carbonyl (C=O) groups is 1. The summed E-state index contributed by atoms with van der Waals surface area (Å²) >= 11 is 1.56. The summed E-state index contributed by atoms with van der Waals surface area (Å²) in [6, 6.07) is 7.35. The first-order valence-electron chi connectivity index (χ1n) is 11.0. The maximum absolute atomic E-state index is 13.2. The maximum Gasteiger partial charge on any atom is 0.416 e. The Labute approximate surface area is 199 Å². The van der Waals surface area contributed by atoms with Crippen LogP contribution in [0.3, 0.4) is 0 Å². The summed E-state index contributed by atoms with van der Waals surface area (Å²) in [7, 11) is 1.74. The molecule has 0 aliphatic heterocycles. The zero-order valence-corrected chi connectivity index (χ0v) is 19.3. The molecule has 0 saturated heterocycles. The van der Waals surface area contributed by atoms with Gasteiger partial charge < -0.3 is 16.0 Å². The van der Waals surface area contributed by atoms with Gasteiger partial charge in [-0.25, -0.2) is 0 Å². The first kappa shape index (κ1) is 23.9. The number of carbonyl (C=O) groups excluding carboxylic acids is 1. The first-order valence-corrected chi connectivity index (χ1v) is 11.9. The van der Waals surface area contributed by atoms with Crippen molar-refractivity contribution in [2.24, 2.45) is 5.92 Å². The Morgan fingerprint density at radius 1 is 1.06 bits per heavy atom. The average Bonchev–Trinajstić information content (AvgIpc) is 3.37. The standard InChI is InChI=1S/C23H25F3N6OS/c1-27-21-30-19(16-10-11-34-13-16)31-22(32-21)29-17-8-6-14(7-9-17)20(33)28-12-15-4-2-3-5-18(15)23(24,25)26/h2-5,10-11,13-14,17H,6-9,12H2,1H3,(H,28,33)(H2,27,29,30,31,32). The Kier molecular flexibility index (Phi) is 7.30. The van der Waals surface area contributed by atoms with E-state index in [1.165, 1.54) is 18.2 Å². The van der Waals surface area contributed by atoms with Gasteiger partial charge in [-0.05, 0) is 48.8 Å². The summed E-state index contributed by atoms with van der Waals surface area (Å²) in [5, 5.41) is 12.9. The third kappa shape index (κ3) is 5.82. The molecule has 0 atom stereocenters. The second kappa shape index (κ2) is 10.4. The molecular weight excluding hydrogens is 465 g/mol. The van der Waals surface area contributed by atoms with Crippen LogP contribution in [0.1, 0.15) is 36.8 Å². The van der Waals surface area contributed by atoms with Gasteiger partial charge in [-0.15, -0.1) is 0 Å². The van der Waals surface area contributed by atoms with Crippen molar-refractivity contribution in [3.63, 3.8) is 0 Å². The predicted octanol–water partition coefficient (Wildman–Crippen LogP) is 4.95. The highest BCUT2D eigenvalue weighted by atomic mass is 32.1. The quantitative estimate of drug-likeness (QED) is 0.434. The molecular formula is C23H25F3N6OS. The topological polar surface area (TPSA) is 91.8 Å². The van der Waals surface area contributed by atoms with Crippen LogP contribution in [0.25, 0.3) is 11.4 Å². The lowest BCUT2D eigenvalue weighted by Gasteiger charge is -2.28. The second-order valence-electron chi connectivity index (χ2n) is 8.13. The van der Waals surface area contributed by atoms with E-state index in [1.54, 1.807) is 18.4 Å². The van der Waals surface area contributed by atoms with Crippen molar-refractivity contribution < 1.29 is 18.0 Å². The van der Waals surface area contributed by atoms with Gasteiger partial charge in [-0.1, -0.05) is 18.2 Å². The summed E-state index contributed by atoms with van der Waals surface area (Å²) in [5.41, 5.74) is 0.262. The van der Waals surface area contributed by atoms with Crippen LogP contribution in [-0.2, 0) is 17.5 Å². The van der Waals surface area contributed by atoms with Crippen LogP contribution >= 0.6 is 11.3 Å². The monoisotopic (exact) mass is 490 g/mol. The molecule has 1 aliphatic carbocycles. The highest BCUT2D eigenvalue weighted by Gasteiger charge is 2.33. The fraction of sp³-hybridized carbons (Fsp3) is 0.391. The average molecular weight is 491 g/mol. The predicted molar refractivity (Wildman–Crippen MR) is 125 cm³/mol. The van der Waals surface area contributed by atoms with Gasteiger partial charge in [0, 0.05) is 36.5 Å². The molecule has 1 fully saturated rings. The van der Waals surface area contributed by atoms with Crippen LogP contribution in [0.5, 0.6) is 0 Å². The van der Waals surface area contributed by atoms with Crippen molar-refractivity contribution in [1.29, 1.82) is 0 Å². The Hall–Kier alpha value is -3.21. The number of hydrogen-bond acceptors (Lipinski definition) is 7. The van der Waals surface area contributed by atoms with Crippen LogP contribution in [0.4, 0.5) is 25.1 Å². The van der Waals surface area contributed by atoms with E-state index in [0.29, 0.717) is 30.6 Å². The zero-order chi connectivity index (χ0) is 24.1. The van der Waals surface area contributed by atoms with Crippen molar-refractivity contribution in [1.82, 2.24) is 20.3 Å². The molecule has 34 heavy (non-hydrogen) atoms. The molecule has 1 saturated carbocycles. The van der Waals surface area contributed by atoms with E-state index < -0.39 is 11.7 Å². The van der Waals surface area contributed by atoms with Crippen LogP contribution < -0.4 is 16.0 Å². The number of anilines is 2. The highest BCUT2D eigenvalue weighted by molar-refractivity contribution is 7.08. The number of alkyl halides is 3. The molecule has 0 radical (unpaired) electrons. The van der Waals surface area contributed by atoms with E-state index in [4.69, 9.17) is 0 Å². The van der Waals surface area contributed by atoms with Gasteiger partial charge in [0.2, 0.25) is 17.8 Å². The van der Waals surface area contributed by atoms with E-state index in [2.05, 4.69) is 30.9 Å². The second-order valence-corrected chi connectivity index (χ2v) is 8.91. The Morgan fingerprint density at radius 3 is 2.47 bits per heavy atom. The van der Waals surface area contributed by atoms with Gasteiger partial charge in [0.1, 0.15) is 0 Å². The molecule has 4 rings (SSSR count). The Bertz CT molecular complexity index is 1110. The summed E-state index contributed by atoms with van der Waals surface area (Å²) in [4.78, 5) is 25.9. The molecule has 1 amide bonds. The Balaban J connectivity index is 1.32. The van der Waals surface area contributed by atoms with Crippen molar-refractivity contribution in [2.45, 2.75) is 44.4 Å². The molecule has 0 unspecified atom stereocenters. The molecule has 0 spiro atoms. The van der Waals surface area contributed by atoms with Gasteiger partial charge in [0.05, 0.1) is 5.56 Å². The van der Waals surface area contributed by atoms with Crippen molar-refractivity contribution >= 4 is 29.1 Å². The van der Waals surface area contributed by atoms with Gasteiger partial charge >= 0.3 is 6.18 Å². The van der Waals surface area contributed by atoms with E-state index >= 15 is 0 Å². The van der Waals surface area contributed by atoms with Crippen molar-refractivity contribution in [2.75, 3.05) is 17.7 Å². The van der Waals surface area contributed by atoms with E-state index in [-0.39, 0.29) is 30.0 Å². The number of aromatic nitrogens is 3. The van der Waals surface area contributed by atoms with Crippen molar-refractivity contribution in [3.05, 3.63) is 52.2 Å². The van der Waals surface area contributed by atoms with E-state index in [0.717, 1.165) is 24.5 Å². The fourth-order valence-electron chi connectivity index (χ4n) is 4.03.